The van der Waals surface area contributed by atoms with E-state index in [1.165, 1.54) is 12.5 Å². The maximum Gasteiger partial charge on any atom is 0.116 e. The Labute approximate surface area is 244 Å². The Balaban J connectivity index is -0.0000000669. The molecule has 4 heteroatoms. The van der Waals surface area contributed by atoms with Gasteiger partial charge in [0.2, 0.25) is 0 Å². The van der Waals surface area contributed by atoms with Gasteiger partial charge in [-0.1, -0.05) is 115 Å². The zero-order valence-corrected chi connectivity index (χ0v) is 26.8. The molecule has 2 aromatic rings. The van der Waals surface area contributed by atoms with Crippen molar-refractivity contribution in [3.05, 3.63) is 91.8 Å². The van der Waals surface area contributed by atoms with Gasteiger partial charge in [-0.25, -0.2) is 19.1 Å². The van der Waals surface area contributed by atoms with Crippen molar-refractivity contribution in [3.8, 4) is 0 Å². The zero-order chi connectivity index (χ0) is 23.3. The molecule has 2 rings (SSSR count). The molecule has 170 valence electrons. The van der Waals surface area contributed by atoms with Gasteiger partial charge in [0.05, 0.1) is 0 Å². The second kappa shape index (κ2) is 43.4. The van der Waals surface area contributed by atoms with Crippen LogP contribution in [0.3, 0.4) is 0 Å². The van der Waals surface area contributed by atoms with Crippen molar-refractivity contribution in [3.63, 3.8) is 0 Å². The Morgan fingerprint density at radius 1 is 0.774 bits per heavy atom. The first kappa shape index (κ1) is 44.2. The third-order valence-corrected chi connectivity index (χ3v) is 2.15. The largest absolute Gasteiger partial charge is 0.456 e. The minimum Gasteiger partial charge on any atom is -0.456 e. The fourth-order valence-electron chi connectivity index (χ4n) is 1.34. The Hall–Kier alpha value is -0.532. The molecule has 0 N–H and O–H groups in total. The molecule has 0 aliphatic rings. The van der Waals surface area contributed by atoms with Gasteiger partial charge in [-0.05, 0) is 12.8 Å². The van der Waals surface area contributed by atoms with E-state index in [4.69, 9.17) is 4.79 Å². The first-order chi connectivity index (χ1) is 14.0. The number of benzene rings is 2. The number of carbonyl (C=O) groups is 1. The fourth-order valence-corrected chi connectivity index (χ4v) is 1.34. The van der Waals surface area contributed by atoms with E-state index >= 15 is 0 Å². The molecule has 0 aliphatic carbocycles. The second-order valence-corrected chi connectivity index (χ2v) is 5.50. The van der Waals surface area contributed by atoms with Crippen molar-refractivity contribution in [2.45, 2.75) is 55.4 Å². The summed E-state index contributed by atoms with van der Waals surface area (Å²) in [5.74, 6) is 0.833. The Bertz CT molecular complexity index is 518. The molecule has 2 aromatic carbocycles. The van der Waals surface area contributed by atoms with Gasteiger partial charge in [0.15, 0.2) is 0 Å². The predicted molar refractivity (Wildman–Crippen MR) is 135 cm³/mol. The van der Waals surface area contributed by atoms with Crippen molar-refractivity contribution in [2.24, 2.45) is 10.9 Å². The van der Waals surface area contributed by atoms with Gasteiger partial charge in [0.1, 0.15) is 6.29 Å². The summed E-state index contributed by atoms with van der Waals surface area (Å²) in [6, 6.07) is 20.0. The van der Waals surface area contributed by atoms with E-state index < -0.39 is 0 Å². The summed E-state index contributed by atoms with van der Waals surface area (Å²) in [4.78, 5) is 12.4. The van der Waals surface area contributed by atoms with Gasteiger partial charge in [-0.15, -0.1) is 11.8 Å². The molecule has 0 atom stereocenters. The molecule has 31 heavy (non-hydrogen) atoms. The fraction of sp³-hybridized carbons (Fsp3) is 0.333. The number of carbonyl (C=O) groups excluding carboxylic acids is 1. The van der Waals surface area contributed by atoms with E-state index in [9.17, 15) is 0 Å². The van der Waals surface area contributed by atoms with E-state index in [0.717, 1.165) is 17.8 Å². The second-order valence-electron chi connectivity index (χ2n) is 5.50. The maximum absolute atomic E-state index is 8.81. The number of allylic oxidation sites excluding steroid dienone is 1. The van der Waals surface area contributed by atoms with Crippen molar-refractivity contribution in [1.82, 2.24) is 0 Å². The summed E-state index contributed by atoms with van der Waals surface area (Å²) in [6.07, 6.45) is 6.23. The average Bonchev–Trinajstić information content (AvgIpc) is 2.74. The number of aldehydes is 1. The van der Waals surface area contributed by atoms with E-state index in [1.807, 2.05) is 94.4 Å². The minimum absolute atomic E-state index is 0. The van der Waals surface area contributed by atoms with Crippen molar-refractivity contribution in [2.75, 3.05) is 0 Å². The van der Waals surface area contributed by atoms with Gasteiger partial charge in [0.25, 0.3) is 0 Å². The van der Waals surface area contributed by atoms with Crippen LogP contribution in [0.1, 0.15) is 66.5 Å². The maximum atomic E-state index is 8.81. The molecule has 0 spiro atoms. The van der Waals surface area contributed by atoms with Crippen LogP contribution < -0.4 is 0 Å². The zero-order valence-electron chi connectivity index (χ0n) is 21.1. The van der Waals surface area contributed by atoms with Crippen molar-refractivity contribution >= 4 is 18.6 Å². The van der Waals surface area contributed by atoms with Crippen molar-refractivity contribution in [1.29, 1.82) is 0 Å². The molecule has 0 fully saturated rings. The number of hydrogen-bond donors (Lipinski definition) is 0. The molecule has 0 saturated heterocycles. The summed E-state index contributed by atoms with van der Waals surface area (Å²) >= 11 is 0. The molecular weight excluding hydrogens is 532 g/mol. The van der Waals surface area contributed by atoms with E-state index in [0.29, 0.717) is 0 Å². The average molecular weight is 575 g/mol. The van der Waals surface area contributed by atoms with Crippen LogP contribution in [0.2, 0.25) is 0 Å². The SMILES string of the molecule is CC.CC.CC(C)C.CC=O.[CH2-]/C=C/c1ccccc1.[CH2-]N=Cc1ccccc1.[Y].[Y]. The Morgan fingerprint density at radius 3 is 1.32 bits per heavy atom. The summed E-state index contributed by atoms with van der Waals surface area (Å²) in [5, 5.41) is 0. The van der Waals surface area contributed by atoms with Gasteiger partial charge < -0.3 is 9.79 Å². The Morgan fingerprint density at radius 2 is 1.06 bits per heavy atom. The number of rotatable bonds is 2. The van der Waals surface area contributed by atoms with Crippen LogP contribution in [0.15, 0.2) is 71.7 Å². The molecule has 0 unspecified atom stereocenters. The standard InChI is InChI=1S/C9H9.C8H8N.C4H10.C2H4O.2C2H6.2Y/c1-2-6-9-7-4-3-5-8-9;1-9-7-8-5-3-2-4-6-8;1-4(2)3;1-2-3;2*1-2;;/h2-8H,1H2;2-7H,1H2;4H,1-3H3;2H,1H3;2*1-2H3;;/q2*-1;;;;;;/b6-2+;;;;;;;. The summed E-state index contributed by atoms with van der Waals surface area (Å²) in [7, 11) is 3.35. The summed E-state index contributed by atoms with van der Waals surface area (Å²) < 4.78 is 0. The third-order valence-electron chi connectivity index (χ3n) is 2.15. The third kappa shape index (κ3) is 48.2. The molecule has 0 bridgehead atoms. The summed E-state index contributed by atoms with van der Waals surface area (Å²) in [6.45, 7) is 19.5. The van der Waals surface area contributed by atoms with E-state index in [-0.39, 0.29) is 65.4 Å². The van der Waals surface area contributed by atoms with Crippen LogP contribution >= 0.6 is 0 Å². The van der Waals surface area contributed by atoms with Gasteiger partial charge >= 0.3 is 0 Å². The van der Waals surface area contributed by atoms with Crippen LogP contribution in [0.4, 0.5) is 0 Å². The molecule has 0 heterocycles. The van der Waals surface area contributed by atoms with Gasteiger partial charge in [-0.2, -0.15) is 7.05 Å². The smallest absolute Gasteiger partial charge is 0.116 e. The van der Waals surface area contributed by atoms with Crippen LogP contribution in [0.25, 0.3) is 6.08 Å². The van der Waals surface area contributed by atoms with E-state index in [1.54, 1.807) is 12.3 Å². The van der Waals surface area contributed by atoms with Crippen LogP contribution in [0, 0.1) is 19.9 Å². The van der Waals surface area contributed by atoms with Crippen LogP contribution in [-0.2, 0) is 70.2 Å². The van der Waals surface area contributed by atoms with Crippen LogP contribution in [-0.4, -0.2) is 12.5 Å². The quantitative estimate of drug-likeness (QED) is 0.201. The van der Waals surface area contributed by atoms with Crippen molar-refractivity contribution < 1.29 is 70.2 Å². The number of aliphatic imine (C=N–C) groups is 1. The topological polar surface area (TPSA) is 29.4 Å². The number of hydrogen-bond acceptors (Lipinski definition) is 2. The molecule has 0 amide bonds. The van der Waals surface area contributed by atoms with Crippen LogP contribution in [0.5, 0.6) is 0 Å². The first-order valence-corrected chi connectivity index (χ1v) is 10.3. The Kier molecular flexibility index (Phi) is 61.8. The molecule has 0 aliphatic heterocycles. The predicted octanol–water partition coefficient (Wildman–Crippen LogP) is 8.35. The first-order valence-electron chi connectivity index (χ1n) is 10.3. The summed E-state index contributed by atoms with van der Waals surface area (Å²) in [5.41, 5.74) is 2.29. The van der Waals surface area contributed by atoms with Gasteiger partial charge in [0, 0.05) is 65.4 Å². The van der Waals surface area contributed by atoms with Gasteiger partial charge in [-0.3, -0.25) is 0 Å². The van der Waals surface area contributed by atoms with E-state index in [2.05, 4.69) is 39.7 Å². The minimum atomic E-state index is 0. The molecule has 0 aromatic heterocycles. The molecule has 2 nitrogen and oxygen atoms in total. The monoisotopic (exact) mass is 575 g/mol. The number of nitrogens with zero attached hydrogens (tertiary/aromatic N) is 1. The molecule has 2 radical (unpaired) electrons. The molecule has 0 saturated carbocycles. The normalized spacial score (nSPS) is 7.90. The molecular formula is C27H43NOY2-2.